The van der Waals surface area contributed by atoms with E-state index in [4.69, 9.17) is 11.6 Å². The third-order valence-electron chi connectivity index (χ3n) is 3.54. The van der Waals surface area contributed by atoms with Gasteiger partial charge in [0, 0.05) is 24.2 Å². The zero-order valence-electron chi connectivity index (χ0n) is 10.9. The van der Waals surface area contributed by atoms with Gasteiger partial charge in [0.15, 0.2) is 0 Å². The third-order valence-corrected chi connectivity index (χ3v) is 3.83. The van der Waals surface area contributed by atoms with Crippen LogP contribution in [0.3, 0.4) is 0 Å². The van der Waals surface area contributed by atoms with Gasteiger partial charge in [-0.05, 0) is 49.4 Å². The molecule has 1 aliphatic rings. The van der Waals surface area contributed by atoms with E-state index in [-0.39, 0.29) is 0 Å². The molecule has 0 aromatic heterocycles. The summed E-state index contributed by atoms with van der Waals surface area (Å²) in [7, 11) is 0. The maximum absolute atomic E-state index is 5.91. The van der Waals surface area contributed by atoms with Gasteiger partial charge in [-0.2, -0.15) is 0 Å². The van der Waals surface area contributed by atoms with Crippen molar-refractivity contribution in [3.63, 3.8) is 0 Å². The summed E-state index contributed by atoms with van der Waals surface area (Å²) in [6.45, 7) is 5.61. The molecule has 1 saturated carbocycles. The van der Waals surface area contributed by atoms with Crippen molar-refractivity contribution in [1.82, 2.24) is 0 Å². The van der Waals surface area contributed by atoms with Crippen molar-refractivity contribution in [3.8, 4) is 0 Å². The van der Waals surface area contributed by atoms with Crippen molar-refractivity contribution in [3.05, 3.63) is 29.3 Å². The van der Waals surface area contributed by atoms with E-state index >= 15 is 0 Å². The largest absolute Gasteiger partial charge is 0.369 e. The van der Waals surface area contributed by atoms with Crippen LogP contribution in [0.5, 0.6) is 0 Å². The zero-order chi connectivity index (χ0) is 12.3. The van der Waals surface area contributed by atoms with Gasteiger partial charge in [0.25, 0.3) is 0 Å². The second-order valence-corrected chi connectivity index (χ2v) is 5.29. The molecule has 0 radical (unpaired) electrons. The molecular formula is C15H22ClN. The summed E-state index contributed by atoms with van der Waals surface area (Å²) in [5.41, 5.74) is 3.95. The Bertz CT molecular complexity index is 371. The predicted octanol–water partition coefficient (Wildman–Crippen LogP) is 4.50. The predicted molar refractivity (Wildman–Crippen MR) is 76.0 cm³/mol. The van der Waals surface area contributed by atoms with Crippen LogP contribution in [0.15, 0.2) is 18.2 Å². The molecule has 1 aliphatic carbocycles. The van der Waals surface area contributed by atoms with Gasteiger partial charge < -0.3 is 4.90 Å². The molecule has 17 heavy (non-hydrogen) atoms. The number of hydrogen-bond donors (Lipinski definition) is 0. The molecule has 0 saturated heterocycles. The van der Waals surface area contributed by atoms with Gasteiger partial charge in [0.2, 0.25) is 0 Å². The maximum Gasteiger partial charge on any atom is 0.0476 e. The summed E-state index contributed by atoms with van der Waals surface area (Å²) >= 11 is 5.91. The Kier molecular flexibility index (Phi) is 4.33. The van der Waals surface area contributed by atoms with Crippen LogP contribution in [0, 0.1) is 6.92 Å². The molecule has 0 aliphatic heterocycles. The van der Waals surface area contributed by atoms with Gasteiger partial charge in [0.1, 0.15) is 0 Å². The van der Waals surface area contributed by atoms with Crippen molar-refractivity contribution in [2.45, 2.75) is 51.5 Å². The monoisotopic (exact) mass is 251 g/mol. The van der Waals surface area contributed by atoms with Crippen molar-refractivity contribution in [1.29, 1.82) is 0 Å². The molecule has 1 aromatic carbocycles. The summed E-state index contributed by atoms with van der Waals surface area (Å²) in [6.07, 6.45) is 5.27. The first-order valence-corrected chi connectivity index (χ1v) is 7.22. The molecule has 94 valence electrons. The molecule has 1 aromatic rings. The number of halogens is 1. The Morgan fingerprint density at radius 1 is 1.35 bits per heavy atom. The van der Waals surface area contributed by atoms with Crippen LogP contribution in [-0.2, 0) is 5.88 Å². The van der Waals surface area contributed by atoms with Gasteiger partial charge in [-0.3, -0.25) is 0 Å². The number of rotatable bonds is 6. The quantitative estimate of drug-likeness (QED) is 0.673. The maximum atomic E-state index is 5.91. The molecule has 2 heteroatoms. The fraction of sp³-hybridized carbons (Fsp3) is 0.600. The lowest BCUT2D eigenvalue weighted by atomic mass is 10.1. The van der Waals surface area contributed by atoms with Crippen molar-refractivity contribution in [2.24, 2.45) is 0 Å². The minimum absolute atomic E-state index is 0.616. The molecule has 1 fully saturated rings. The van der Waals surface area contributed by atoms with Gasteiger partial charge in [-0.25, -0.2) is 0 Å². The highest BCUT2D eigenvalue weighted by Crippen LogP contribution is 2.33. The summed E-state index contributed by atoms with van der Waals surface area (Å²) in [4.78, 5) is 2.58. The average Bonchev–Trinajstić information content (AvgIpc) is 3.14. The molecular weight excluding hydrogens is 230 g/mol. The van der Waals surface area contributed by atoms with E-state index in [1.54, 1.807) is 0 Å². The first kappa shape index (κ1) is 12.8. The summed E-state index contributed by atoms with van der Waals surface area (Å²) in [5.74, 6) is 0.616. The van der Waals surface area contributed by atoms with E-state index < -0.39 is 0 Å². The fourth-order valence-corrected chi connectivity index (χ4v) is 2.55. The first-order chi connectivity index (χ1) is 8.26. The van der Waals surface area contributed by atoms with Crippen LogP contribution in [0.2, 0.25) is 0 Å². The molecule has 2 rings (SSSR count). The third kappa shape index (κ3) is 3.16. The lowest BCUT2D eigenvalue weighted by molar-refractivity contribution is 0.713. The molecule has 0 atom stereocenters. The highest BCUT2D eigenvalue weighted by molar-refractivity contribution is 6.17. The number of anilines is 1. The van der Waals surface area contributed by atoms with Crippen LogP contribution in [0.4, 0.5) is 5.69 Å². The Hall–Kier alpha value is -0.690. The number of hydrogen-bond acceptors (Lipinski definition) is 1. The molecule has 0 bridgehead atoms. The lowest BCUT2D eigenvalue weighted by Gasteiger charge is -2.25. The van der Waals surface area contributed by atoms with Crippen LogP contribution in [0.1, 0.15) is 43.7 Å². The number of unbranched alkanes of at least 4 members (excludes halogenated alkanes) is 1. The van der Waals surface area contributed by atoms with E-state index in [1.807, 2.05) is 0 Å². The molecule has 1 nitrogen and oxygen atoms in total. The highest BCUT2D eigenvalue weighted by atomic mass is 35.5. The first-order valence-electron chi connectivity index (χ1n) is 6.68. The normalized spacial score (nSPS) is 15.0. The van der Waals surface area contributed by atoms with Crippen molar-refractivity contribution >= 4 is 17.3 Å². The second kappa shape index (κ2) is 5.77. The number of alkyl halides is 1. The standard InChI is InChI=1S/C15H22ClN/c1-3-4-9-17(14-7-8-14)15-6-5-13(11-16)12(2)10-15/h5-6,10,14H,3-4,7-9,11H2,1-2H3. The smallest absolute Gasteiger partial charge is 0.0476 e. The van der Waals surface area contributed by atoms with E-state index in [2.05, 4.69) is 36.9 Å². The van der Waals surface area contributed by atoms with E-state index in [9.17, 15) is 0 Å². The summed E-state index contributed by atoms with van der Waals surface area (Å²) < 4.78 is 0. The average molecular weight is 252 g/mol. The van der Waals surface area contributed by atoms with Crippen LogP contribution >= 0.6 is 11.6 Å². The lowest BCUT2D eigenvalue weighted by Crippen LogP contribution is -2.26. The van der Waals surface area contributed by atoms with Gasteiger partial charge in [-0.1, -0.05) is 19.4 Å². The van der Waals surface area contributed by atoms with E-state index in [1.165, 1.54) is 49.0 Å². The molecule has 0 N–H and O–H groups in total. The summed E-state index contributed by atoms with van der Waals surface area (Å²) in [6, 6.07) is 7.51. The minimum Gasteiger partial charge on any atom is -0.369 e. The Labute approximate surface area is 110 Å². The van der Waals surface area contributed by atoms with Crippen LogP contribution in [-0.4, -0.2) is 12.6 Å². The Morgan fingerprint density at radius 2 is 2.12 bits per heavy atom. The van der Waals surface area contributed by atoms with Gasteiger partial charge >= 0.3 is 0 Å². The number of benzene rings is 1. The second-order valence-electron chi connectivity index (χ2n) is 5.02. The fourth-order valence-electron chi connectivity index (χ4n) is 2.25. The van der Waals surface area contributed by atoms with E-state index in [0.29, 0.717) is 5.88 Å². The Morgan fingerprint density at radius 3 is 2.65 bits per heavy atom. The zero-order valence-corrected chi connectivity index (χ0v) is 11.6. The van der Waals surface area contributed by atoms with Crippen molar-refractivity contribution in [2.75, 3.05) is 11.4 Å². The molecule has 0 heterocycles. The van der Waals surface area contributed by atoms with Crippen LogP contribution in [0.25, 0.3) is 0 Å². The number of aryl methyl sites for hydroxylation is 1. The number of nitrogens with zero attached hydrogens (tertiary/aromatic N) is 1. The topological polar surface area (TPSA) is 3.24 Å². The SMILES string of the molecule is CCCCN(c1ccc(CCl)c(C)c1)C1CC1. The van der Waals surface area contributed by atoms with Crippen LogP contribution < -0.4 is 4.90 Å². The molecule has 0 unspecified atom stereocenters. The minimum atomic E-state index is 0.616. The molecule has 0 amide bonds. The highest BCUT2D eigenvalue weighted by Gasteiger charge is 2.28. The van der Waals surface area contributed by atoms with Gasteiger partial charge in [-0.15, -0.1) is 11.6 Å². The van der Waals surface area contributed by atoms with Crippen molar-refractivity contribution < 1.29 is 0 Å². The van der Waals surface area contributed by atoms with E-state index in [0.717, 1.165) is 6.04 Å². The Balaban J connectivity index is 2.14. The van der Waals surface area contributed by atoms with Gasteiger partial charge in [0.05, 0.1) is 0 Å². The summed E-state index contributed by atoms with van der Waals surface area (Å²) in [5, 5.41) is 0. The molecule has 0 spiro atoms.